The summed E-state index contributed by atoms with van der Waals surface area (Å²) in [4.78, 5) is 8.49. The average molecular weight is 239 g/mol. The summed E-state index contributed by atoms with van der Waals surface area (Å²) < 4.78 is 12.1. The van der Waals surface area contributed by atoms with Gasteiger partial charge in [0.25, 0.3) is 0 Å². The highest BCUT2D eigenvalue weighted by atomic mass is 32.2. The van der Waals surface area contributed by atoms with Crippen LogP contribution in [0.2, 0.25) is 0 Å². The highest BCUT2D eigenvalue weighted by molar-refractivity contribution is 7.84. The maximum Gasteiger partial charge on any atom is 0.218 e. The third kappa shape index (κ3) is 2.86. The molecular formula is C11H17N3OS. The molecule has 1 fully saturated rings. The number of aryl methyl sites for hydroxylation is 2. The Morgan fingerprint density at radius 3 is 2.69 bits per heavy atom. The standard InChI is InChI=1S/C11H17N3OS/c1-8-5-9(2)14-11(13-8)16(15)7-10-3-4-12-6-10/h5,10,12H,3-4,6-7H2,1-2H3/t10-,16-/m1/s1. The Morgan fingerprint density at radius 1 is 1.44 bits per heavy atom. The van der Waals surface area contributed by atoms with E-state index in [9.17, 15) is 4.21 Å². The Morgan fingerprint density at radius 2 is 2.12 bits per heavy atom. The smallest absolute Gasteiger partial charge is 0.218 e. The zero-order valence-electron chi connectivity index (χ0n) is 9.69. The van der Waals surface area contributed by atoms with Gasteiger partial charge in [-0.15, -0.1) is 0 Å². The first-order chi connectivity index (χ1) is 7.65. The molecule has 0 saturated carbocycles. The molecule has 1 aromatic rings. The lowest BCUT2D eigenvalue weighted by atomic mass is 10.2. The van der Waals surface area contributed by atoms with Gasteiger partial charge < -0.3 is 5.32 Å². The van der Waals surface area contributed by atoms with Crippen molar-refractivity contribution >= 4 is 10.8 Å². The molecule has 2 atom stereocenters. The van der Waals surface area contributed by atoms with Gasteiger partial charge in [0.15, 0.2) is 0 Å². The molecule has 1 aromatic heterocycles. The van der Waals surface area contributed by atoms with Crippen molar-refractivity contribution in [2.45, 2.75) is 25.4 Å². The van der Waals surface area contributed by atoms with Gasteiger partial charge in [-0.2, -0.15) is 0 Å². The zero-order valence-corrected chi connectivity index (χ0v) is 10.5. The van der Waals surface area contributed by atoms with Gasteiger partial charge in [-0.05, 0) is 45.3 Å². The summed E-state index contributed by atoms with van der Waals surface area (Å²) >= 11 is 0. The SMILES string of the molecule is Cc1cc(C)nc([S@](=O)C[C@@H]2CCNC2)n1. The fourth-order valence-corrected chi connectivity index (χ4v) is 3.29. The predicted molar refractivity (Wildman–Crippen MR) is 63.8 cm³/mol. The van der Waals surface area contributed by atoms with E-state index in [0.29, 0.717) is 16.8 Å². The monoisotopic (exact) mass is 239 g/mol. The second-order valence-corrected chi connectivity index (χ2v) is 5.69. The molecule has 1 saturated heterocycles. The van der Waals surface area contributed by atoms with Crippen LogP contribution < -0.4 is 5.32 Å². The fourth-order valence-electron chi connectivity index (χ4n) is 1.94. The van der Waals surface area contributed by atoms with Gasteiger partial charge in [-0.25, -0.2) is 9.97 Å². The van der Waals surface area contributed by atoms with Crippen LogP contribution in [0.4, 0.5) is 0 Å². The Balaban J connectivity index is 2.07. The third-order valence-electron chi connectivity index (χ3n) is 2.71. The molecule has 16 heavy (non-hydrogen) atoms. The van der Waals surface area contributed by atoms with E-state index in [1.807, 2.05) is 19.9 Å². The molecule has 1 N–H and O–H groups in total. The van der Waals surface area contributed by atoms with Gasteiger partial charge in [-0.1, -0.05) is 0 Å². The molecule has 2 rings (SSSR count). The lowest BCUT2D eigenvalue weighted by molar-refractivity contribution is 0.627. The van der Waals surface area contributed by atoms with E-state index in [-0.39, 0.29) is 0 Å². The van der Waals surface area contributed by atoms with Crippen molar-refractivity contribution in [2.24, 2.45) is 5.92 Å². The summed E-state index contributed by atoms with van der Waals surface area (Å²) in [5.41, 5.74) is 1.78. The first-order valence-electron chi connectivity index (χ1n) is 5.56. The number of rotatable bonds is 3. The van der Waals surface area contributed by atoms with E-state index < -0.39 is 10.8 Å². The first-order valence-corrected chi connectivity index (χ1v) is 6.88. The van der Waals surface area contributed by atoms with Crippen molar-refractivity contribution in [2.75, 3.05) is 18.8 Å². The van der Waals surface area contributed by atoms with E-state index in [1.165, 1.54) is 0 Å². The van der Waals surface area contributed by atoms with Crippen molar-refractivity contribution in [1.82, 2.24) is 15.3 Å². The quantitative estimate of drug-likeness (QED) is 0.793. The van der Waals surface area contributed by atoms with Crippen LogP contribution in [-0.2, 0) is 10.8 Å². The summed E-state index contributed by atoms with van der Waals surface area (Å²) in [6.45, 7) is 5.82. The molecule has 0 aromatic carbocycles. The molecule has 2 heterocycles. The van der Waals surface area contributed by atoms with Crippen molar-refractivity contribution < 1.29 is 4.21 Å². The zero-order chi connectivity index (χ0) is 11.5. The van der Waals surface area contributed by atoms with Crippen molar-refractivity contribution in [3.63, 3.8) is 0 Å². The van der Waals surface area contributed by atoms with Crippen molar-refractivity contribution in [3.05, 3.63) is 17.5 Å². The normalized spacial score (nSPS) is 22.2. The summed E-state index contributed by atoms with van der Waals surface area (Å²) in [5, 5.41) is 3.77. The lowest BCUT2D eigenvalue weighted by Crippen LogP contribution is -2.16. The van der Waals surface area contributed by atoms with Crippen LogP contribution in [0.15, 0.2) is 11.2 Å². The maximum atomic E-state index is 12.1. The van der Waals surface area contributed by atoms with Crippen LogP contribution in [-0.4, -0.2) is 33.0 Å². The highest BCUT2D eigenvalue weighted by Gasteiger charge is 2.19. The summed E-state index contributed by atoms with van der Waals surface area (Å²) in [5.74, 6) is 1.18. The van der Waals surface area contributed by atoms with Crippen LogP contribution in [0.3, 0.4) is 0 Å². The minimum absolute atomic E-state index is 0.490. The number of hydrogen-bond acceptors (Lipinski definition) is 4. The summed E-state index contributed by atoms with van der Waals surface area (Å²) in [6, 6.07) is 1.90. The molecule has 0 bridgehead atoms. The fraction of sp³-hybridized carbons (Fsp3) is 0.636. The maximum absolute atomic E-state index is 12.1. The Hall–Kier alpha value is -0.810. The van der Waals surface area contributed by atoms with E-state index in [2.05, 4.69) is 15.3 Å². The van der Waals surface area contributed by atoms with E-state index >= 15 is 0 Å². The second-order valence-electron chi connectivity index (χ2n) is 4.30. The second kappa shape index (κ2) is 5.01. The Kier molecular flexibility index (Phi) is 3.66. The van der Waals surface area contributed by atoms with Gasteiger partial charge in [-0.3, -0.25) is 4.21 Å². The highest BCUT2D eigenvalue weighted by Crippen LogP contribution is 2.12. The van der Waals surface area contributed by atoms with Gasteiger partial charge in [0, 0.05) is 17.1 Å². The number of hydrogen-bond donors (Lipinski definition) is 1. The van der Waals surface area contributed by atoms with E-state index in [0.717, 1.165) is 30.9 Å². The van der Waals surface area contributed by atoms with E-state index in [1.54, 1.807) is 0 Å². The topological polar surface area (TPSA) is 54.9 Å². The Bertz CT molecular complexity index is 382. The molecule has 88 valence electrons. The van der Waals surface area contributed by atoms with Gasteiger partial charge in [0.05, 0.1) is 10.8 Å². The molecule has 4 nitrogen and oxygen atoms in total. The largest absolute Gasteiger partial charge is 0.316 e. The molecule has 0 aliphatic carbocycles. The van der Waals surface area contributed by atoms with Crippen LogP contribution >= 0.6 is 0 Å². The number of nitrogens with one attached hydrogen (secondary N) is 1. The molecule has 0 radical (unpaired) electrons. The minimum atomic E-state index is -1.06. The molecule has 1 aliphatic rings. The van der Waals surface area contributed by atoms with Gasteiger partial charge in [0.1, 0.15) is 0 Å². The summed E-state index contributed by atoms with van der Waals surface area (Å²) in [7, 11) is -1.06. The van der Waals surface area contributed by atoms with Crippen LogP contribution in [0.5, 0.6) is 0 Å². The molecule has 0 amide bonds. The van der Waals surface area contributed by atoms with Gasteiger partial charge >= 0.3 is 0 Å². The molecule has 5 heteroatoms. The third-order valence-corrected chi connectivity index (χ3v) is 4.08. The molecular weight excluding hydrogens is 222 g/mol. The van der Waals surface area contributed by atoms with Crippen molar-refractivity contribution in [1.29, 1.82) is 0 Å². The van der Waals surface area contributed by atoms with Crippen LogP contribution in [0.25, 0.3) is 0 Å². The molecule has 0 spiro atoms. The van der Waals surface area contributed by atoms with E-state index in [4.69, 9.17) is 0 Å². The number of aromatic nitrogens is 2. The van der Waals surface area contributed by atoms with Gasteiger partial charge in [0.2, 0.25) is 5.16 Å². The van der Waals surface area contributed by atoms with Crippen LogP contribution in [0, 0.1) is 19.8 Å². The summed E-state index contributed by atoms with van der Waals surface area (Å²) in [6.07, 6.45) is 1.11. The van der Waals surface area contributed by atoms with Crippen LogP contribution in [0.1, 0.15) is 17.8 Å². The number of nitrogens with zero attached hydrogens (tertiary/aromatic N) is 2. The average Bonchev–Trinajstić information content (AvgIpc) is 2.68. The van der Waals surface area contributed by atoms with Crippen molar-refractivity contribution in [3.8, 4) is 0 Å². The lowest BCUT2D eigenvalue weighted by Gasteiger charge is -2.07. The predicted octanol–water partition coefficient (Wildman–Crippen LogP) is 0.811. The molecule has 0 unspecified atom stereocenters. The Labute approximate surface area is 98.3 Å². The molecule has 1 aliphatic heterocycles. The minimum Gasteiger partial charge on any atom is -0.316 e. The first kappa shape index (κ1) is 11.7.